The van der Waals surface area contributed by atoms with E-state index >= 15 is 0 Å². The Bertz CT molecular complexity index is 1000. The molecule has 0 radical (unpaired) electrons. The van der Waals surface area contributed by atoms with Gasteiger partial charge >= 0.3 is 0 Å². The molecule has 2 aromatic rings. The fraction of sp³-hybridized carbons (Fsp3) is 0.522. The van der Waals surface area contributed by atoms with Crippen LogP contribution in [0.2, 0.25) is 4.34 Å². The van der Waals surface area contributed by atoms with Gasteiger partial charge in [-0.1, -0.05) is 44.5 Å². The van der Waals surface area contributed by atoms with Gasteiger partial charge in [0.05, 0.1) is 15.8 Å². The molecule has 31 heavy (non-hydrogen) atoms. The minimum absolute atomic E-state index is 0.0272. The highest BCUT2D eigenvalue weighted by Gasteiger charge is 2.33. The monoisotopic (exact) mass is 482 g/mol. The number of thiophene rings is 1. The Morgan fingerprint density at radius 1 is 1.13 bits per heavy atom. The van der Waals surface area contributed by atoms with Crippen LogP contribution >= 0.6 is 22.9 Å². The zero-order valence-electron chi connectivity index (χ0n) is 18.6. The largest absolute Gasteiger partial charge is 0.338 e. The van der Waals surface area contributed by atoms with E-state index in [2.05, 4.69) is 20.8 Å². The fourth-order valence-corrected chi connectivity index (χ4v) is 6.42. The first-order chi connectivity index (χ1) is 14.5. The van der Waals surface area contributed by atoms with Crippen molar-refractivity contribution in [2.45, 2.75) is 57.4 Å². The zero-order chi connectivity index (χ0) is 22.8. The van der Waals surface area contributed by atoms with E-state index in [1.54, 1.807) is 12.1 Å². The van der Waals surface area contributed by atoms with E-state index < -0.39 is 10.0 Å². The van der Waals surface area contributed by atoms with E-state index in [1.807, 2.05) is 36.1 Å². The molecule has 0 aliphatic carbocycles. The lowest BCUT2D eigenvalue weighted by Crippen LogP contribution is -2.44. The second-order valence-corrected chi connectivity index (χ2v) is 12.7. The van der Waals surface area contributed by atoms with Crippen LogP contribution in [0, 0.1) is 5.92 Å². The van der Waals surface area contributed by atoms with Crippen LogP contribution in [0.15, 0.2) is 41.3 Å². The SMILES string of the molecule is CCN(Cc1ccc(Cl)s1)C(=O)C1CCN(S(=O)(=O)c2ccc(C(C)(C)C)cc2)CC1. The molecule has 1 aromatic heterocycles. The van der Waals surface area contributed by atoms with Gasteiger partial charge in [-0.05, 0) is 55.0 Å². The van der Waals surface area contributed by atoms with Crippen LogP contribution in [0.1, 0.15) is 51.0 Å². The second-order valence-electron chi connectivity index (χ2n) is 9.01. The Labute approximate surface area is 195 Å². The van der Waals surface area contributed by atoms with Crippen molar-refractivity contribution in [3.05, 3.63) is 51.2 Å². The van der Waals surface area contributed by atoms with Crippen molar-refractivity contribution in [2.75, 3.05) is 19.6 Å². The van der Waals surface area contributed by atoms with Crippen LogP contribution in [-0.2, 0) is 26.8 Å². The van der Waals surface area contributed by atoms with Gasteiger partial charge in [-0.3, -0.25) is 4.79 Å². The number of hydrogen-bond donors (Lipinski definition) is 0. The third-order valence-corrected chi connectivity index (χ3v) is 8.96. The molecular weight excluding hydrogens is 452 g/mol. The van der Waals surface area contributed by atoms with Crippen LogP contribution in [0.4, 0.5) is 0 Å². The van der Waals surface area contributed by atoms with Gasteiger partial charge in [0.1, 0.15) is 0 Å². The summed E-state index contributed by atoms with van der Waals surface area (Å²) in [7, 11) is -3.55. The average Bonchev–Trinajstić information content (AvgIpc) is 3.15. The Kier molecular flexibility index (Phi) is 7.51. The third-order valence-electron chi connectivity index (χ3n) is 5.83. The highest BCUT2D eigenvalue weighted by Crippen LogP contribution is 2.29. The molecule has 3 rings (SSSR count). The highest BCUT2D eigenvalue weighted by atomic mass is 35.5. The predicted molar refractivity (Wildman–Crippen MR) is 127 cm³/mol. The van der Waals surface area contributed by atoms with Gasteiger partial charge in [-0.25, -0.2) is 8.42 Å². The van der Waals surface area contributed by atoms with E-state index in [9.17, 15) is 13.2 Å². The molecule has 1 aromatic carbocycles. The van der Waals surface area contributed by atoms with E-state index in [0.717, 1.165) is 10.4 Å². The second kappa shape index (κ2) is 9.61. The quantitative estimate of drug-likeness (QED) is 0.572. The number of hydrogen-bond acceptors (Lipinski definition) is 4. The van der Waals surface area contributed by atoms with Crippen molar-refractivity contribution >= 4 is 38.9 Å². The molecule has 170 valence electrons. The summed E-state index contributed by atoms with van der Waals surface area (Å²) in [5.74, 6) is -0.0521. The molecular formula is C23H31ClN2O3S2. The van der Waals surface area contributed by atoms with E-state index in [1.165, 1.54) is 15.6 Å². The fourth-order valence-electron chi connectivity index (χ4n) is 3.85. The van der Waals surface area contributed by atoms with Crippen molar-refractivity contribution in [1.29, 1.82) is 0 Å². The van der Waals surface area contributed by atoms with Crippen molar-refractivity contribution in [1.82, 2.24) is 9.21 Å². The first-order valence-corrected chi connectivity index (χ1v) is 13.3. The summed E-state index contributed by atoms with van der Waals surface area (Å²) in [5, 5.41) is 0. The van der Waals surface area contributed by atoms with Crippen LogP contribution in [-0.4, -0.2) is 43.2 Å². The number of benzene rings is 1. The lowest BCUT2D eigenvalue weighted by molar-refractivity contribution is -0.137. The first-order valence-electron chi connectivity index (χ1n) is 10.7. The summed E-state index contributed by atoms with van der Waals surface area (Å²) in [6.45, 7) is 10.2. The third kappa shape index (κ3) is 5.69. The van der Waals surface area contributed by atoms with Crippen LogP contribution in [0.5, 0.6) is 0 Å². The van der Waals surface area contributed by atoms with E-state index in [0.29, 0.717) is 48.3 Å². The maximum Gasteiger partial charge on any atom is 0.243 e. The smallest absolute Gasteiger partial charge is 0.243 e. The molecule has 8 heteroatoms. The van der Waals surface area contributed by atoms with Gasteiger partial charge in [0, 0.05) is 30.4 Å². The van der Waals surface area contributed by atoms with E-state index in [4.69, 9.17) is 11.6 Å². The van der Waals surface area contributed by atoms with Gasteiger partial charge in [0.2, 0.25) is 15.9 Å². The molecule has 0 bridgehead atoms. The van der Waals surface area contributed by atoms with Crippen molar-refractivity contribution in [3.8, 4) is 0 Å². The van der Waals surface area contributed by atoms with Crippen LogP contribution < -0.4 is 0 Å². The lowest BCUT2D eigenvalue weighted by Gasteiger charge is -2.33. The normalized spacial score (nSPS) is 16.4. The average molecular weight is 483 g/mol. The zero-order valence-corrected chi connectivity index (χ0v) is 21.0. The molecule has 1 amide bonds. The Balaban J connectivity index is 1.63. The molecule has 0 spiro atoms. The van der Waals surface area contributed by atoms with Gasteiger partial charge in [-0.2, -0.15) is 4.31 Å². The van der Waals surface area contributed by atoms with Gasteiger partial charge in [-0.15, -0.1) is 11.3 Å². The molecule has 0 unspecified atom stereocenters. The summed E-state index contributed by atoms with van der Waals surface area (Å²) in [5.41, 5.74) is 1.07. The summed E-state index contributed by atoms with van der Waals surface area (Å²) in [6, 6.07) is 11.0. The topological polar surface area (TPSA) is 57.7 Å². The van der Waals surface area contributed by atoms with Crippen LogP contribution in [0.3, 0.4) is 0 Å². The highest BCUT2D eigenvalue weighted by molar-refractivity contribution is 7.89. The Morgan fingerprint density at radius 2 is 1.74 bits per heavy atom. The maximum atomic E-state index is 13.1. The Hall–Kier alpha value is -1.41. The standard InChI is InChI=1S/C23H31ClN2O3S2/c1-5-25(16-19-8-11-21(24)30-19)22(27)17-12-14-26(15-13-17)31(28,29)20-9-6-18(7-10-20)23(2,3)4/h6-11,17H,5,12-16H2,1-4H3. The summed E-state index contributed by atoms with van der Waals surface area (Å²) in [6.07, 6.45) is 1.08. The molecule has 0 saturated carbocycles. The predicted octanol–water partition coefficient (Wildman–Crippen LogP) is 5.15. The number of nitrogens with zero attached hydrogens (tertiary/aromatic N) is 2. The molecule has 1 saturated heterocycles. The molecule has 0 N–H and O–H groups in total. The molecule has 1 aliphatic heterocycles. The minimum atomic E-state index is -3.55. The molecule has 5 nitrogen and oxygen atoms in total. The number of amides is 1. The Morgan fingerprint density at radius 3 is 2.23 bits per heavy atom. The summed E-state index contributed by atoms with van der Waals surface area (Å²) in [4.78, 5) is 16.2. The number of carbonyl (C=O) groups excluding carboxylic acids is 1. The van der Waals surface area contributed by atoms with Crippen molar-refractivity contribution in [2.24, 2.45) is 5.92 Å². The molecule has 1 fully saturated rings. The summed E-state index contributed by atoms with van der Waals surface area (Å²) < 4.78 is 28.4. The number of carbonyl (C=O) groups is 1. The molecule has 2 heterocycles. The number of piperidine rings is 1. The van der Waals surface area contributed by atoms with Gasteiger partial charge < -0.3 is 4.90 Å². The lowest BCUT2D eigenvalue weighted by atomic mass is 9.87. The van der Waals surface area contributed by atoms with E-state index in [-0.39, 0.29) is 17.2 Å². The number of rotatable bonds is 6. The minimum Gasteiger partial charge on any atom is -0.338 e. The maximum absolute atomic E-state index is 13.1. The molecule has 0 atom stereocenters. The first kappa shape index (κ1) is 24.2. The number of sulfonamides is 1. The van der Waals surface area contributed by atoms with Gasteiger partial charge in [0.15, 0.2) is 0 Å². The van der Waals surface area contributed by atoms with Gasteiger partial charge in [0.25, 0.3) is 0 Å². The van der Waals surface area contributed by atoms with Crippen molar-refractivity contribution in [3.63, 3.8) is 0 Å². The van der Waals surface area contributed by atoms with Crippen molar-refractivity contribution < 1.29 is 13.2 Å². The van der Waals surface area contributed by atoms with Crippen LogP contribution in [0.25, 0.3) is 0 Å². The summed E-state index contributed by atoms with van der Waals surface area (Å²) >= 11 is 7.49. The number of halogens is 1. The molecule has 1 aliphatic rings.